The molecule has 3 aromatic rings. The average Bonchev–Trinajstić information content (AvgIpc) is 3.03. The number of carbonyl (C=O) groups excluding carboxylic acids is 2. The number of nitrogens with two attached hydrogens (primary N) is 1. The number of hydrogen-bond acceptors (Lipinski definition) is 6. The van der Waals surface area contributed by atoms with Crippen LogP contribution in [0.2, 0.25) is 0 Å². The number of aromatic nitrogens is 2. The zero-order valence-corrected chi connectivity index (χ0v) is 18.1. The molecule has 2 unspecified atom stereocenters. The van der Waals surface area contributed by atoms with Crippen molar-refractivity contribution in [2.75, 3.05) is 5.32 Å². The number of rotatable bonds is 7. The lowest BCUT2D eigenvalue weighted by atomic mass is 9.94. The highest BCUT2D eigenvalue weighted by atomic mass is 16.5. The number of nitrogens with one attached hydrogen (secondary N) is 1. The molecule has 3 rings (SSSR count). The molecule has 7 heteroatoms. The number of pyridine rings is 1. The van der Waals surface area contributed by atoms with E-state index < -0.39 is 18.2 Å². The number of anilines is 1. The molecule has 0 saturated heterocycles. The number of carbonyl (C=O) groups is 2. The molecule has 2 heterocycles. The summed E-state index contributed by atoms with van der Waals surface area (Å²) in [6.07, 6.45) is 6.27. The third-order valence-electron chi connectivity index (χ3n) is 5.14. The predicted octanol–water partition coefficient (Wildman–Crippen LogP) is 3.33. The molecule has 0 aliphatic rings. The van der Waals surface area contributed by atoms with Crippen LogP contribution in [-0.4, -0.2) is 27.2 Å². The highest BCUT2D eigenvalue weighted by Gasteiger charge is 2.25. The van der Waals surface area contributed by atoms with Crippen molar-refractivity contribution in [1.29, 1.82) is 0 Å². The fourth-order valence-corrected chi connectivity index (χ4v) is 3.72. The lowest BCUT2D eigenvalue weighted by molar-refractivity contribution is -0.143. The van der Waals surface area contributed by atoms with Crippen LogP contribution >= 0.6 is 0 Å². The van der Waals surface area contributed by atoms with Gasteiger partial charge in [0.05, 0.1) is 23.5 Å². The van der Waals surface area contributed by atoms with E-state index in [1.165, 1.54) is 6.92 Å². The smallest absolute Gasteiger partial charge is 0.303 e. The second kappa shape index (κ2) is 9.02. The van der Waals surface area contributed by atoms with Crippen molar-refractivity contribution >= 4 is 23.1 Å². The van der Waals surface area contributed by atoms with Crippen molar-refractivity contribution < 1.29 is 14.3 Å². The van der Waals surface area contributed by atoms with Crippen molar-refractivity contribution in [2.24, 2.45) is 5.73 Å². The molecule has 0 bridgehead atoms. The van der Waals surface area contributed by atoms with Crippen LogP contribution in [0.4, 0.5) is 5.69 Å². The summed E-state index contributed by atoms with van der Waals surface area (Å²) in [7, 11) is 0. The second-order valence-electron chi connectivity index (χ2n) is 7.41. The SMILES string of the molecule is C#CCc1c(C)nc2c(NC(N)c3c(C)cccc3C(=O)C(C)OC(C)=O)cccn12. The van der Waals surface area contributed by atoms with Gasteiger partial charge in [0.25, 0.3) is 0 Å². The second-order valence-corrected chi connectivity index (χ2v) is 7.41. The van der Waals surface area contributed by atoms with E-state index in [-0.39, 0.29) is 5.78 Å². The van der Waals surface area contributed by atoms with Gasteiger partial charge < -0.3 is 20.2 Å². The summed E-state index contributed by atoms with van der Waals surface area (Å²) in [6, 6.07) is 9.12. The summed E-state index contributed by atoms with van der Waals surface area (Å²) in [4.78, 5) is 28.9. The van der Waals surface area contributed by atoms with Crippen molar-refractivity contribution in [1.82, 2.24) is 9.38 Å². The van der Waals surface area contributed by atoms with Gasteiger partial charge in [-0.15, -0.1) is 12.3 Å². The molecular formula is C24H26N4O3. The van der Waals surface area contributed by atoms with Crippen LogP contribution in [0.15, 0.2) is 36.5 Å². The Morgan fingerprint density at radius 1 is 1.29 bits per heavy atom. The van der Waals surface area contributed by atoms with E-state index in [0.29, 0.717) is 23.2 Å². The maximum absolute atomic E-state index is 12.9. The number of fused-ring (bicyclic) bond motifs is 1. The van der Waals surface area contributed by atoms with E-state index in [9.17, 15) is 9.59 Å². The number of terminal acetylenes is 1. The first kappa shape index (κ1) is 22.1. The van der Waals surface area contributed by atoms with E-state index in [1.54, 1.807) is 19.1 Å². The number of benzene rings is 1. The quantitative estimate of drug-likeness (QED) is 0.264. The fraction of sp³-hybridized carbons (Fsp3) is 0.292. The molecule has 31 heavy (non-hydrogen) atoms. The number of Topliss-reactive ketones (excluding diaryl/α,β-unsaturated/α-hetero) is 1. The highest BCUT2D eigenvalue weighted by Crippen LogP contribution is 2.27. The molecule has 0 fully saturated rings. The van der Waals surface area contributed by atoms with Crippen LogP contribution in [0.1, 0.15) is 52.9 Å². The maximum atomic E-state index is 12.9. The maximum Gasteiger partial charge on any atom is 0.303 e. The van der Waals surface area contributed by atoms with Gasteiger partial charge in [-0.2, -0.15) is 0 Å². The summed E-state index contributed by atoms with van der Waals surface area (Å²) >= 11 is 0. The van der Waals surface area contributed by atoms with Gasteiger partial charge in [-0.1, -0.05) is 18.2 Å². The lowest BCUT2D eigenvalue weighted by Crippen LogP contribution is -2.28. The number of hydrogen-bond donors (Lipinski definition) is 2. The first-order chi connectivity index (χ1) is 14.7. The summed E-state index contributed by atoms with van der Waals surface area (Å²) in [6.45, 7) is 6.62. The Hall–Kier alpha value is -3.63. The lowest BCUT2D eigenvalue weighted by Gasteiger charge is -2.22. The number of imidazole rings is 1. The average molecular weight is 418 g/mol. The van der Waals surface area contributed by atoms with Crippen LogP contribution in [-0.2, 0) is 16.0 Å². The van der Waals surface area contributed by atoms with E-state index in [0.717, 1.165) is 22.6 Å². The van der Waals surface area contributed by atoms with Gasteiger partial charge in [0.15, 0.2) is 11.8 Å². The van der Waals surface area contributed by atoms with Crippen molar-refractivity contribution in [3.8, 4) is 12.3 Å². The summed E-state index contributed by atoms with van der Waals surface area (Å²) in [5.74, 6) is 1.84. The number of esters is 1. The topological polar surface area (TPSA) is 98.7 Å². The normalized spacial score (nSPS) is 12.8. The van der Waals surface area contributed by atoms with Gasteiger partial charge in [-0.05, 0) is 38.5 Å². The molecule has 0 saturated carbocycles. The molecule has 160 valence electrons. The minimum Gasteiger partial charge on any atom is -0.454 e. The zero-order valence-electron chi connectivity index (χ0n) is 18.1. The summed E-state index contributed by atoms with van der Waals surface area (Å²) in [5, 5.41) is 3.28. The Morgan fingerprint density at radius 2 is 2.03 bits per heavy atom. The largest absolute Gasteiger partial charge is 0.454 e. The van der Waals surface area contributed by atoms with E-state index >= 15 is 0 Å². The molecule has 2 atom stereocenters. The molecule has 2 aromatic heterocycles. The molecule has 7 nitrogen and oxygen atoms in total. The van der Waals surface area contributed by atoms with E-state index in [1.807, 2.05) is 42.6 Å². The van der Waals surface area contributed by atoms with Crippen LogP contribution in [0, 0.1) is 26.2 Å². The van der Waals surface area contributed by atoms with Crippen LogP contribution in [0.3, 0.4) is 0 Å². The Bertz CT molecular complexity index is 1190. The minimum atomic E-state index is -0.907. The monoisotopic (exact) mass is 418 g/mol. The highest BCUT2D eigenvalue weighted by molar-refractivity contribution is 6.01. The molecule has 0 spiro atoms. The fourth-order valence-electron chi connectivity index (χ4n) is 3.72. The molecule has 1 aromatic carbocycles. The van der Waals surface area contributed by atoms with Gasteiger partial charge in [-0.3, -0.25) is 9.59 Å². The number of nitrogens with zero attached hydrogens (tertiary/aromatic N) is 2. The third kappa shape index (κ3) is 4.44. The van der Waals surface area contributed by atoms with E-state index in [2.05, 4.69) is 16.2 Å². The molecule has 0 radical (unpaired) electrons. The third-order valence-corrected chi connectivity index (χ3v) is 5.14. The Balaban J connectivity index is 1.99. The van der Waals surface area contributed by atoms with Gasteiger partial charge in [0, 0.05) is 24.2 Å². The Morgan fingerprint density at radius 3 is 2.71 bits per heavy atom. The van der Waals surface area contributed by atoms with Crippen molar-refractivity contribution in [2.45, 2.75) is 46.4 Å². The van der Waals surface area contributed by atoms with Crippen LogP contribution in [0.25, 0.3) is 5.65 Å². The van der Waals surface area contributed by atoms with Crippen LogP contribution in [0.5, 0.6) is 0 Å². The predicted molar refractivity (Wildman–Crippen MR) is 120 cm³/mol. The standard InChI is InChI=1S/C24H26N4O3/c1-6-9-20-15(3)26-24-19(12-8-13-28(20)24)27-23(25)21-14(2)10-7-11-18(21)22(30)16(4)31-17(5)29/h1,7-8,10-13,16,23,27H,9,25H2,2-5H3. The molecule has 0 aliphatic heterocycles. The minimum absolute atomic E-state index is 0.308. The van der Waals surface area contributed by atoms with Gasteiger partial charge >= 0.3 is 5.97 Å². The molecule has 3 N–H and O–H groups in total. The van der Waals surface area contributed by atoms with Crippen molar-refractivity contribution in [3.63, 3.8) is 0 Å². The molecule has 0 aliphatic carbocycles. The van der Waals surface area contributed by atoms with Crippen molar-refractivity contribution in [3.05, 3.63) is 64.6 Å². The Kier molecular flexibility index (Phi) is 6.42. The van der Waals surface area contributed by atoms with Gasteiger partial charge in [0.2, 0.25) is 5.78 Å². The van der Waals surface area contributed by atoms with Gasteiger partial charge in [-0.25, -0.2) is 4.98 Å². The number of ketones is 1. The number of ether oxygens (including phenoxy) is 1. The first-order valence-corrected chi connectivity index (χ1v) is 9.97. The van der Waals surface area contributed by atoms with E-state index in [4.69, 9.17) is 16.9 Å². The summed E-state index contributed by atoms with van der Waals surface area (Å²) in [5.41, 5.74) is 11.6. The first-order valence-electron chi connectivity index (χ1n) is 9.97. The zero-order chi connectivity index (χ0) is 22.7. The molecule has 0 amide bonds. The number of aryl methyl sites for hydroxylation is 2. The summed E-state index contributed by atoms with van der Waals surface area (Å²) < 4.78 is 7.02. The Labute approximate surface area is 181 Å². The molecular weight excluding hydrogens is 392 g/mol. The van der Waals surface area contributed by atoms with Crippen LogP contribution < -0.4 is 11.1 Å². The van der Waals surface area contributed by atoms with Gasteiger partial charge in [0.1, 0.15) is 6.17 Å².